The molecule has 3 rings (SSSR count). The highest BCUT2D eigenvalue weighted by Gasteiger charge is 2.19. The van der Waals surface area contributed by atoms with Crippen molar-refractivity contribution in [3.63, 3.8) is 0 Å². The normalized spacial score (nSPS) is 15.4. The van der Waals surface area contributed by atoms with Crippen LogP contribution in [0.25, 0.3) is 0 Å². The molecule has 7 heteroatoms. The summed E-state index contributed by atoms with van der Waals surface area (Å²) in [5, 5.41) is 0. The predicted molar refractivity (Wildman–Crippen MR) is 124 cm³/mol. The summed E-state index contributed by atoms with van der Waals surface area (Å²) in [7, 11) is 0. The predicted octanol–water partition coefficient (Wildman–Crippen LogP) is 5.96. The van der Waals surface area contributed by atoms with Gasteiger partial charge in [0.15, 0.2) is 0 Å². The van der Waals surface area contributed by atoms with Crippen LogP contribution in [0.4, 0.5) is 0 Å². The lowest BCUT2D eigenvalue weighted by molar-refractivity contribution is 0.0161. The minimum atomic E-state index is -0.523. The fraction of sp³-hybridized carbons (Fsp3) is 0.440. The third-order valence-corrected chi connectivity index (χ3v) is 5.75. The van der Waals surface area contributed by atoms with Crippen molar-refractivity contribution < 1.29 is 28.5 Å². The fourth-order valence-corrected chi connectivity index (χ4v) is 3.83. The lowest BCUT2D eigenvalue weighted by atomic mass is 10.2. The van der Waals surface area contributed by atoms with E-state index in [0.717, 1.165) is 25.7 Å². The van der Waals surface area contributed by atoms with Crippen molar-refractivity contribution in [2.45, 2.75) is 51.6 Å². The zero-order valence-corrected chi connectivity index (χ0v) is 19.9. The Bertz CT molecular complexity index is 907. The number of esters is 2. The van der Waals surface area contributed by atoms with Gasteiger partial charge in [0.1, 0.15) is 18.1 Å². The van der Waals surface area contributed by atoms with E-state index in [1.165, 1.54) is 18.9 Å². The molecule has 2 aromatic rings. The maximum atomic E-state index is 12.6. The third kappa shape index (κ3) is 7.35. The molecule has 1 unspecified atom stereocenters. The average Bonchev–Trinajstić information content (AvgIpc) is 3.32. The smallest absolute Gasteiger partial charge is 0.343 e. The van der Waals surface area contributed by atoms with Crippen LogP contribution in [-0.2, 0) is 9.47 Å². The van der Waals surface area contributed by atoms with Gasteiger partial charge in [-0.2, -0.15) is 0 Å². The van der Waals surface area contributed by atoms with Crippen LogP contribution in [0.3, 0.4) is 0 Å². The Morgan fingerprint density at radius 2 is 1.91 bits per heavy atom. The van der Waals surface area contributed by atoms with Crippen LogP contribution >= 0.6 is 15.9 Å². The van der Waals surface area contributed by atoms with Crippen LogP contribution in [0.1, 0.15) is 66.2 Å². The molecule has 0 aromatic heterocycles. The highest BCUT2D eigenvalue weighted by atomic mass is 79.9. The molecule has 0 amide bonds. The van der Waals surface area contributed by atoms with Crippen LogP contribution in [-0.4, -0.2) is 37.9 Å². The summed E-state index contributed by atoms with van der Waals surface area (Å²) in [6.45, 7) is 3.74. The number of unbranched alkanes of at least 4 members (excludes halogenated alkanes) is 3. The van der Waals surface area contributed by atoms with Crippen LogP contribution < -0.4 is 9.47 Å². The van der Waals surface area contributed by atoms with E-state index in [1.54, 1.807) is 36.4 Å². The van der Waals surface area contributed by atoms with Gasteiger partial charge < -0.3 is 18.9 Å². The lowest BCUT2D eigenvalue weighted by Gasteiger charge is -2.11. The molecule has 1 atom stereocenters. The molecule has 0 radical (unpaired) electrons. The lowest BCUT2D eigenvalue weighted by Crippen LogP contribution is -2.18. The van der Waals surface area contributed by atoms with Gasteiger partial charge in [0.2, 0.25) is 0 Å². The van der Waals surface area contributed by atoms with Gasteiger partial charge in [-0.15, -0.1) is 0 Å². The van der Waals surface area contributed by atoms with Crippen molar-refractivity contribution in [3.8, 4) is 11.5 Å². The molecule has 1 aliphatic heterocycles. The molecule has 1 fully saturated rings. The number of ether oxygens (including phenoxy) is 4. The summed E-state index contributed by atoms with van der Waals surface area (Å²) >= 11 is 3.46. The molecule has 0 N–H and O–H groups in total. The standard InChI is InChI=1S/C25H29BrO6/c1-2-3-4-5-13-30-23-12-11-19(16-22(23)26)25(28)32-20-9-6-8-18(15-20)24(27)31-17-21-10-7-14-29-21/h6,8-9,11-12,15-16,21H,2-5,7,10,13-14,17H2,1H3. The maximum absolute atomic E-state index is 12.6. The van der Waals surface area contributed by atoms with Gasteiger partial charge in [-0.05, 0) is 71.6 Å². The van der Waals surface area contributed by atoms with Crippen molar-refractivity contribution in [2.75, 3.05) is 19.8 Å². The Balaban J connectivity index is 1.54. The first-order valence-corrected chi connectivity index (χ1v) is 11.9. The third-order valence-electron chi connectivity index (χ3n) is 5.13. The van der Waals surface area contributed by atoms with E-state index in [-0.39, 0.29) is 18.5 Å². The van der Waals surface area contributed by atoms with E-state index in [2.05, 4.69) is 22.9 Å². The summed E-state index contributed by atoms with van der Waals surface area (Å²) < 4.78 is 22.7. The molecule has 32 heavy (non-hydrogen) atoms. The second kappa shape index (κ2) is 12.6. The molecule has 0 aliphatic carbocycles. The number of rotatable bonds is 11. The highest BCUT2D eigenvalue weighted by molar-refractivity contribution is 9.10. The molecule has 0 saturated carbocycles. The molecule has 0 bridgehead atoms. The first-order valence-electron chi connectivity index (χ1n) is 11.1. The molecule has 2 aromatic carbocycles. The Hall–Kier alpha value is -2.38. The summed E-state index contributed by atoms with van der Waals surface area (Å²) in [4.78, 5) is 24.9. The van der Waals surface area contributed by atoms with E-state index < -0.39 is 11.9 Å². The number of benzene rings is 2. The number of hydrogen-bond acceptors (Lipinski definition) is 6. The van der Waals surface area contributed by atoms with Crippen LogP contribution in [0.5, 0.6) is 11.5 Å². The Morgan fingerprint density at radius 1 is 1.06 bits per heavy atom. The minimum Gasteiger partial charge on any atom is -0.492 e. The van der Waals surface area contributed by atoms with E-state index in [1.807, 2.05) is 0 Å². The quantitative estimate of drug-likeness (QED) is 0.213. The monoisotopic (exact) mass is 504 g/mol. The summed E-state index contributed by atoms with van der Waals surface area (Å²) in [5.74, 6) is -0.0328. The summed E-state index contributed by atoms with van der Waals surface area (Å²) in [6.07, 6.45) is 6.35. The summed E-state index contributed by atoms with van der Waals surface area (Å²) in [5.41, 5.74) is 0.697. The van der Waals surface area contributed by atoms with Gasteiger partial charge in [0, 0.05) is 6.61 Å². The van der Waals surface area contributed by atoms with Crippen molar-refractivity contribution in [3.05, 3.63) is 58.1 Å². The zero-order valence-electron chi connectivity index (χ0n) is 18.3. The second-order valence-corrected chi connectivity index (χ2v) is 8.56. The van der Waals surface area contributed by atoms with Crippen LogP contribution in [0, 0.1) is 0 Å². The Kier molecular flexibility index (Phi) is 9.56. The van der Waals surface area contributed by atoms with E-state index in [0.29, 0.717) is 34.6 Å². The molecular formula is C25H29BrO6. The van der Waals surface area contributed by atoms with Gasteiger partial charge in [-0.25, -0.2) is 9.59 Å². The highest BCUT2D eigenvalue weighted by Crippen LogP contribution is 2.27. The Morgan fingerprint density at radius 3 is 2.66 bits per heavy atom. The number of carbonyl (C=O) groups excluding carboxylic acids is 2. The topological polar surface area (TPSA) is 71.1 Å². The molecule has 6 nitrogen and oxygen atoms in total. The molecule has 172 valence electrons. The number of hydrogen-bond donors (Lipinski definition) is 0. The van der Waals surface area contributed by atoms with Crippen molar-refractivity contribution >= 4 is 27.9 Å². The molecule has 0 spiro atoms. The van der Waals surface area contributed by atoms with Crippen LogP contribution in [0.2, 0.25) is 0 Å². The van der Waals surface area contributed by atoms with Crippen molar-refractivity contribution in [1.29, 1.82) is 0 Å². The van der Waals surface area contributed by atoms with E-state index >= 15 is 0 Å². The van der Waals surface area contributed by atoms with Gasteiger partial charge in [0.25, 0.3) is 0 Å². The largest absolute Gasteiger partial charge is 0.492 e. The zero-order chi connectivity index (χ0) is 22.8. The average molecular weight is 505 g/mol. The van der Waals surface area contributed by atoms with Gasteiger partial charge in [-0.3, -0.25) is 0 Å². The first-order chi connectivity index (χ1) is 15.6. The SMILES string of the molecule is CCCCCCOc1ccc(C(=O)Oc2cccc(C(=O)OCC3CCCO3)c2)cc1Br. The van der Waals surface area contributed by atoms with Gasteiger partial charge in [0.05, 0.1) is 28.3 Å². The Labute approximate surface area is 197 Å². The molecular weight excluding hydrogens is 476 g/mol. The maximum Gasteiger partial charge on any atom is 0.343 e. The first kappa shape index (κ1) is 24.3. The number of carbonyl (C=O) groups is 2. The van der Waals surface area contributed by atoms with Gasteiger partial charge in [-0.1, -0.05) is 32.3 Å². The molecule has 1 aliphatic rings. The van der Waals surface area contributed by atoms with E-state index in [9.17, 15) is 9.59 Å². The fourth-order valence-electron chi connectivity index (χ4n) is 3.34. The minimum absolute atomic E-state index is 0.0401. The second-order valence-electron chi connectivity index (χ2n) is 7.71. The van der Waals surface area contributed by atoms with Crippen LogP contribution in [0.15, 0.2) is 46.9 Å². The van der Waals surface area contributed by atoms with Gasteiger partial charge >= 0.3 is 11.9 Å². The van der Waals surface area contributed by atoms with Crippen molar-refractivity contribution in [1.82, 2.24) is 0 Å². The van der Waals surface area contributed by atoms with E-state index in [4.69, 9.17) is 18.9 Å². The summed E-state index contributed by atoms with van der Waals surface area (Å²) in [6, 6.07) is 11.5. The number of halogens is 1. The van der Waals surface area contributed by atoms with Crippen molar-refractivity contribution in [2.24, 2.45) is 0 Å². The molecule has 1 saturated heterocycles. The molecule has 1 heterocycles.